The average Bonchev–Trinajstić information content (AvgIpc) is 2.94. The van der Waals surface area contributed by atoms with Crippen molar-refractivity contribution < 1.29 is 4.74 Å². The quantitative estimate of drug-likeness (QED) is 0.754. The number of hydrogen-bond donors (Lipinski definition) is 0. The zero-order valence-corrected chi connectivity index (χ0v) is 12.5. The summed E-state index contributed by atoms with van der Waals surface area (Å²) in [6.45, 7) is 5.91. The molecule has 2 heterocycles. The number of aromatic nitrogens is 2. The highest BCUT2D eigenvalue weighted by molar-refractivity contribution is 7.80. The maximum atomic E-state index is 5.77. The van der Waals surface area contributed by atoms with Gasteiger partial charge in [-0.05, 0) is 51.0 Å². The van der Waals surface area contributed by atoms with Gasteiger partial charge in [-0.15, -0.1) is 0 Å². The van der Waals surface area contributed by atoms with Crippen LogP contribution < -0.4 is 4.74 Å². The minimum atomic E-state index is 0.554. The van der Waals surface area contributed by atoms with Gasteiger partial charge in [0.2, 0.25) is 0 Å². The summed E-state index contributed by atoms with van der Waals surface area (Å²) in [5.74, 6) is 0.729. The fourth-order valence-electron chi connectivity index (χ4n) is 2.34. The van der Waals surface area contributed by atoms with Crippen LogP contribution in [0.3, 0.4) is 0 Å². The molecule has 2 aromatic rings. The molecule has 0 bridgehead atoms. The fourth-order valence-corrected chi connectivity index (χ4v) is 2.62. The topological polar surface area (TPSA) is 38.2 Å². The first kappa shape index (κ1) is 13.2. The van der Waals surface area contributed by atoms with Crippen molar-refractivity contribution in [3.8, 4) is 5.75 Å². The van der Waals surface area contributed by atoms with Crippen LogP contribution >= 0.6 is 12.2 Å². The third-order valence-corrected chi connectivity index (χ3v) is 3.96. The van der Waals surface area contributed by atoms with Crippen LogP contribution in [0.1, 0.15) is 24.2 Å². The largest absolute Gasteiger partial charge is 0.432 e. The van der Waals surface area contributed by atoms with Crippen LogP contribution in [-0.4, -0.2) is 33.1 Å². The van der Waals surface area contributed by atoms with Gasteiger partial charge in [-0.25, -0.2) is 9.97 Å². The van der Waals surface area contributed by atoms with Crippen molar-refractivity contribution in [2.45, 2.75) is 26.7 Å². The van der Waals surface area contributed by atoms with E-state index in [4.69, 9.17) is 17.0 Å². The summed E-state index contributed by atoms with van der Waals surface area (Å²) in [5, 5.41) is 0.554. The van der Waals surface area contributed by atoms with Crippen molar-refractivity contribution in [2.75, 3.05) is 13.1 Å². The number of hydrogen-bond acceptors (Lipinski definition) is 4. The van der Waals surface area contributed by atoms with Crippen molar-refractivity contribution in [1.29, 1.82) is 0 Å². The molecule has 5 heteroatoms. The minimum Gasteiger partial charge on any atom is -0.432 e. The van der Waals surface area contributed by atoms with Gasteiger partial charge in [-0.3, -0.25) is 0 Å². The van der Waals surface area contributed by atoms with E-state index < -0.39 is 0 Å². The Kier molecular flexibility index (Phi) is 3.53. The van der Waals surface area contributed by atoms with Crippen LogP contribution in [0, 0.1) is 13.8 Å². The number of nitrogens with zero attached hydrogens (tertiary/aromatic N) is 3. The van der Waals surface area contributed by atoms with Gasteiger partial charge in [-0.2, -0.15) is 0 Å². The second kappa shape index (κ2) is 5.32. The molecule has 4 nitrogen and oxygen atoms in total. The summed E-state index contributed by atoms with van der Waals surface area (Å²) in [6, 6.07) is 5.72. The monoisotopic (exact) mass is 287 g/mol. The lowest BCUT2D eigenvalue weighted by molar-refractivity contribution is 0.407. The van der Waals surface area contributed by atoms with Gasteiger partial charge in [0.15, 0.2) is 0 Å². The van der Waals surface area contributed by atoms with E-state index in [9.17, 15) is 0 Å². The third kappa shape index (κ3) is 2.58. The first-order valence-corrected chi connectivity index (χ1v) is 7.26. The summed E-state index contributed by atoms with van der Waals surface area (Å²) in [6.07, 6.45) is 2.37. The lowest BCUT2D eigenvalue weighted by Gasteiger charge is -2.18. The number of benzene rings is 1. The van der Waals surface area contributed by atoms with E-state index in [0.29, 0.717) is 5.17 Å². The van der Waals surface area contributed by atoms with E-state index in [2.05, 4.69) is 14.9 Å². The Labute approximate surface area is 123 Å². The van der Waals surface area contributed by atoms with E-state index in [1.807, 2.05) is 32.0 Å². The fraction of sp³-hybridized carbons (Fsp3) is 0.400. The number of aryl methyl sites for hydroxylation is 2. The van der Waals surface area contributed by atoms with Crippen LogP contribution in [0.2, 0.25) is 0 Å². The Bertz CT molecular complexity index is 665. The van der Waals surface area contributed by atoms with Gasteiger partial charge in [0.05, 0.1) is 22.4 Å². The van der Waals surface area contributed by atoms with Gasteiger partial charge >= 0.3 is 0 Å². The van der Waals surface area contributed by atoms with Crippen LogP contribution in [0.5, 0.6) is 5.75 Å². The van der Waals surface area contributed by atoms with Gasteiger partial charge in [0.25, 0.3) is 5.17 Å². The van der Waals surface area contributed by atoms with Gasteiger partial charge in [-0.1, -0.05) is 0 Å². The van der Waals surface area contributed by atoms with Crippen LogP contribution in [0.15, 0.2) is 18.2 Å². The highest BCUT2D eigenvalue weighted by Crippen LogP contribution is 2.20. The van der Waals surface area contributed by atoms with Crippen LogP contribution in [-0.2, 0) is 0 Å². The predicted molar refractivity (Wildman–Crippen MR) is 83.0 cm³/mol. The molecule has 0 radical (unpaired) electrons. The summed E-state index contributed by atoms with van der Waals surface area (Å²) in [7, 11) is 0. The molecule has 1 aliphatic heterocycles. The molecule has 1 aromatic heterocycles. The third-order valence-electron chi connectivity index (χ3n) is 3.62. The summed E-state index contributed by atoms with van der Waals surface area (Å²) in [5.41, 5.74) is 3.62. The molecular weight excluding hydrogens is 270 g/mol. The molecule has 0 aliphatic carbocycles. The number of rotatable bonds is 1. The molecule has 1 aromatic carbocycles. The average molecular weight is 287 g/mol. The van der Waals surface area contributed by atoms with E-state index in [0.717, 1.165) is 41.3 Å². The molecule has 1 aliphatic rings. The minimum absolute atomic E-state index is 0.554. The van der Waals surface area contributed by atoms with Crippen LogP contribution in [0.25, 0.3) is 11.0 Å². The van der Waals surface area contributed by atoms with E-state index in [-0.39, 0.29) is 0 Å². The summed E-state index contributed by atoms with van der Waals surface area (Å²) in [4.78, 5) is 11.2. The van der Waals surface area contributed by atoms with Gasteiger partial charge in [0, 0.05) is 19.2 Å². The van der Waals surface area contributed by atoms with E-state index in [1.54, 1.807) is 0 Å². The summed E-state index contributed by atoms with van der Waals surface area (Å²) >= 11 is 5.33. The standard InChI is InChI=1S/C15H17N3OS/c1-10-11(2)17-14-9-12(5-6-13(14)16-10)19-15(20)18-7-3-4-8-18/h5-6,9H,3-4,7-8H2,1-2H3. The zero-order chi connectivity index (χ0) is 14.1. The Morgan fingerprint density at radius 1 is 1.10 bits per heavy atom. The van der Waals surface area contributed by atoms with Crippen molar-refractivity contribution in [3.63, 3.8) is 0 Å². The Morgan fingerprint density at radius 2 is 1.75 bits per heavy atom. The Morgan fingerprint density at radius 3 is 2.45 bits per heavy atom. The molecule has 0 atom stereocenters. The molecular formula is C15H17N3OS. The molecule has 104 valence electrons. The van der Waals surface area contributed by atoms with Crippen molar-refractivity contribution in [2.24, 2.45) is 0 Å². The molecule has 1 fully saturated rings. The van der Waals surface area contributed by atoms with E-state index in [1.165, 1.54) is 12.8 Å². The van der Waals surface area contributed by atoms with Crippen molar-refractivity contribution in [1.82, 2.24) is 14.9 Å². The van der Waals surface area contributed by atoms with Crippen LogP contribution in [0.4, 0.5) is 0 Å². The van der Waals surface area contributed by atoms with E-state index >= 15 is 0 Å². The first-order valence-electron chi connectivity index (χ1n) is 6.85. The number of likely N-dealkylation sites (tertiary alicyclic amines) is 1. The molecule has 0 N–H and O–H groups in total. The predicted octanol–water partition coefficient (Wildman–Crippen LogP) is 3.01. The smallest absolute Gasteiger partial charge is 0.264 e. The maximum absolute atomic E-state index is 5.77. The number of fused-ring (bicyclic) bond motifs is 1. The maximum Gasteiger partial charge on any atom is 0.264 e. The van der Waals surface area contributed by atoms with Crippen molar-refractivity contribution >= 4 is 28.4 Å². The molecule has 3 rings (SSSR count). The molecule has 0 saturated carbocycles. The molecule has 0 unspecified atom stereocenters. The zero-order valence-electron chi connectivity index (χ0n) is 11.7. The molecule has 0 spiro atoms. The molecule has 20 heavy (non-hydrogen) atoms. The second-order valence-electron chi connectivity index (χ2n) is 5.11. The number of thiocarbonyl (C=S) groups is 1. The highest BCUT2D eigenvalue weighted by Gasteiger charge is 2.16. The van der Waals surface area contributed by atoms with Gasteiger partial charge < -0.3 is 9.64 Å². The Hall–Kier alpha value is -1.75. The lowest BCUT2D eigenvalue weighted by atomic mass is 10.2. The molecule has 0 amide bonds. The molecule has 1 saturated heterocycles. The van der Waals surface area contributed by atoms with Gasteiger partial charge in [0.1, 0.15) is 5.75 Å². The highest BCUT2D eigenvalue weighted by atomic mass is 32.1. The first-order chi connectivity index (χ1) is 9.63. The lowest BCUT2D eigenvalue weighted by Crippen LogP contribution is -2.30. The Balaban J connectivity index is 1.85. The SMILES string of the molecule is Cc1nc2ccc(OC(=S)N3CCCC3)cc2nc1C. The normalized spacial score (nSPS) is 14.8. The number of ether oxygens (including phenoxy) is 1. The summed E-state index contributed by atoms with van der Waals surface area (Å²) < 4.78 is 5.77. The van der Waals surface area contributed by atoms with Crippen molar-refractivity contribution in [3.05, 3.63) is 29.6 Å². The second-order valence-corrected chi connectivity index (χ2v) is 5.46.